The molecule has 1 N–H and O–H groups in total. The van der Waals surface area contributed by atoms with Crippen LogP contribution in [0, 0.1) is 10.1 Å². The summed E-state index contributed by atoms with van der Waals surface area (Å²) in [5.74, 6) is -0.608. The molecule has 0 unspecified atom stereocenters. The number of amides is 1. The number of rotatable bonds is 6. The number of aromatic nitrogens is 2. The number of non-ortho nitro benzene ring substituents is 1. The average Bonchev–Trinajstić information content (AvgIpc) is 3.10. The van der Waals surface area contributed by atoms with Crippen molar-refractivity contribution in [3.8, 4) is 17.0 Å². The summed E-state index contributed by atoms with van der Waals surface area (Å²) in [4.78, 5) is 22.7. The first-order chi connectivity index (χ1) is 14.2. The van der Waals surface area contributed by atoms with Crippen LogP contribution in [0.5, 0.6) is 5.75 Å². The van der Waals surface area contributed by atoms with Crippen LogP contribution in [0.3, 0.4) is 0 Å². The topological polar surface area (TPSA) is 99.3 Å². The first kappa shape index (κ1) is 20.8. The molecule has 1 heterocycles. The number of alkyl halides is 3. The smallest absolute Gasteiger partial charge is 0.406 e. The molecule has 0 saturated carbocycles. The molecule has 3 rings (SSSR count). The summed E-state index contributed by atoms with van der Waals surface area (Å²) in [6, 6.07) is 11.9. The summed E-state index contributed by atoms with van der Waals surface area (Å²) in [6.45, 7) is 2.24. The third-order valence-electron chi connectivity index (χ3n) is 4.05. The first-order valence-corrected chi connectivity index (χ1v) is 8.66. The van der Waals surface area contributed by atoms with Gasteiger partial charge in [0.25, 0.3) is 11.6 Å². The fourth-order valence-electron chi connectivity index (χ4n) is 2.65. The Morgan fingerprint density at radius 3 is 2.33 bits per heavy atom. The number of carbonyl (C=O) groups is 1. The number of nitrogens with one attached hydrogen (secondary N) is 1. The molecular weight excluding hydrogens is 405 g/mol. The van der Waals surface area contributed by atoms with Gasteiger partial charge in [0.2, 0.25) is 0 Å². The van der Waals surface area contributed by atoms with Crippen molar-refractivity contribution < 1.29 is 27.6 Å². The van der Waals surface area contributed by atoms with Crippen LogP contribution in [0.1, 0.15) is 17.3 Å². The second-order valence-corrected chi connectivity index (χ2v) is 6.06. The molecule has 0 spiro atoms. The lowest BCUT2D eigenvalue weighted by Gasteiger charge is -2.10. The van der Waals surface area contributed by atoms with Crippen LogP contribution >= 0.6 is 0 Å². The molecule has 156 valence electrons. The number of nitrogens with zero attached hydrogens (tertiary/aromatic N) is 3. The van der Waals surface area contributed by atoms with E-state index in [0.717, 1.165) is 12.1 Å². The Hall–Kier alpha value is -3.89. The van der Waals surface area contributed by atoms with Gasteiger partial charge >= 0.3 is 6.36 Å². The van der Waals surface area contributed by atoms with Crippen LogP contribution in [0.4, 0.5) is 24.7 Å². The Balaban J connectivity index is 1.77. The molecule has 0 radical (unpaired) electrons. The fourth-order valence-corrected chi connectivity index (χ4v) is 2.65. The third-order valence-corrected chi connectivity index (χ3v) is 4.05. The highest BCUT2D eigenvalue weighted by molar-refractivity contribution is 6.04. The molecule has 0 aliphatic heterocycles. The van der Waals surface area contributed by atoms with Crippen LogP contribution in [0.25, 0.3) is 11.3 Å². The van der Waals surface area contributed by atoms with Crippen molar-refractivity contribution in [3.05, 3.63) is 70.3 Å². The SMILES string of the molecule is CCn1nc(-c2ccc([N+](=O)[O-])cc2)cc1NC(=O)c1ccc(OC(F)(F)F)cc1. The summed E-state index contributed by atoms with van der Waals surface area (Å²) in [7, 11) is 0. The van der Waals surface area contributed by atoms with Crippen molar-refractivity contribution in [2.24, 2.45) is 0 Å². The van der Waals surface area contributed by atoms with Gasteiger partial charge in [-0.2, -0.15) is 5.10 Å². The Morgan fingerprint density at radius 2 is 1.80 bits per heavy atom. The minimum absolute atomic E-state index is 0.0554. The Morgan fingerprint density at radius 1 is 1.17 bits per heavy atom. The average molecular weight is 420 g/mol. The lowest BCUT2D eigenvalue weighted by Crippen LogP contribution is -2.18. The molecule has 30 heavy (non-hydrogen) atoms. The maximum Gasteiger partial charge on any atom is 0.573 e. The summed E-state index contributed by atoms with van der Waals surface area (Å²) < 4.78 is 42.0. The molecule has 1 aromatic heterocycles. The third kappa shape index (κ3) is 4.93. The summed E-state index contributed by atoms with van der Waals surface area (Å²) >= 11 is 0. The van der Waals surface area contributed by atoms with Crippen LogP contribution in [0.2, 0.25) is 0 Å². The van der Waals surface area contributed by atoms with Crippen molar-refractivity contribution in [2.45, 2.75) is 19.8 Å². The zero-order chi connectivity index (χ0) is 21.9. The van der Waals surface area contributed by atoms with Crippen LogP contribution in [-0.4, -0.2) is 27.0 Å². The monoisotopic (exact) mass is 420 g/mol. The molecule has 11 heteroatoms. The second-order valence-electron chi connectivity index (χ2n) is 6.06. The predicted octanol–water partition coefficient (Wildman–Crippen LogP) is 4.63. The molecular formula is C19H15F3N4O4. The van der Waals surface area contributed by atoms with Crippen molar-refractivity contribution >= 4 is 17.4 Å². The Kier molecular flexibility index (Phi) is 5.72. The number of aryl methyl sites for hydroxylation is 1. The van der Waals surface area contributed by atoms with E-state index >= 15 is 0 Å². The number of benzene rings is 2. The summed E-state index contributed by atoms with van der Waals surface area (Å²) in [5, 5.41) is 17.8. The highest BCUT2D eigenvalue weighted by Crippen LogP contribution is 2.26. The Bertz CT molecular complexity index is 1060. The van der Waals surface area contributed by atoms with E-state index in [1.807, 2.05) is 6.92 Å². The van der Waals surface area contributed by atoms with Gasteiger partial charge in [0, 0.05) is 35.9 Å². The van der Waals surface area contributed by atoms with E-state index in [9.17, 15) is 28.1 Å². The fraction of sp³-hybridized carbons (Fsp3) is 0.158. The molecule has 0 bridgehead atoms. The Labute approximate surface area is 168 Å². The van der Waals surface area contributed by atoms with E-state index in [1.165, 1.54) is 28.9 Å². The molecule has 8 nitrogen and oxygen atoms in total. The van der Waals surface area contributed by atoms with E-state index in [0.29, 0.717) is 23.6 Å². The number of nitro groups is 1. The van der Waals surface area contributed by atoms with E-state index < -0.39 is 22.9 Å². The van der Waals surface area contributed by atoms with Crippen molar-refractivity contribution in [1.29, 1.82) is 0 Å². The number of hydrogen-bond donors (Lipinski definition) is 1. The molecule has 2 aromatic carbocycles. The highest BCUT2D eigenvalue weighted by atomic mass is 19.4. The summed E-state index contributed by atoms with van der Waals surface area (Å²) in [6.07, 6.45) is -4.81. The number of anilines is 1. The molecule has 0 atom stereocenters. The molecule has 0 aliphatic carbocycles. The van der Waals surface area contributed by atoms with Crippen LogP contribution in [0.15, 0.2) is 54.6 Å². The van der Waals surface area contributed by atoms with Crippen LogP contribution in [-0.2, 0) is 6.54 Å². The van der Waals surface area contributed by atoms with Gasteiger partial charge in [-0.25, -0.2) is 4.68 Å². The van der Waals surface area contributed by atoms with Gasteiger partial charge in [0.15, 0.2) is 0 Å². The normalized spacial score (nSPS) is 11.2. The minimum Gasteiger partial charge on any atom is -0.406 e. The van der Waals surface area contributed by atoms with E-state index in [1.54, 1.807) is 18.2 Å². The second kappa shape index (κ2) is 8.23. The van der Waals surface area contributed by atoms with Crippen molar-refractivity contribution in [2.75, 3.05) is 5.32 Å². The predicted molar refractivity (Wildman–Crippen MR) is 101 cm³/mol. The number of hydrogen-bond acceptors (Lipinski definition) is 5. The number of carbonyl (C=O) groups excluding carboxylic acids is 1. The molecule has 0 saturated heterocycles. The molecule has 1 amide bonds. The number of halogens is 3. The molecule has 0 aliphatic rings. The maximum absolute atomic E-state index is 12.5. The number of ether oxygens (including phenoxy) is 1. The first-order valence-electron chi connectivity index (χ1n) is 8.66. The quantitative estimate of drug-likeness (QED) is 0.463. The van der Waals surface area contributed by atoms with E-state index in [-0.39, 0.29) is 11.3 Å². The lowest BCUT2D eigenvalue weighted by atomic mass is 10.1. The van der Waals surface area contributed by atoms with Gasteiger partial charge < -0.3 is 10.1 Å². The van der Waals surface area contributed by atoms with Gasteiger partial charge in [-0.15, -0.1) is 13.2 Å². The molecule has 3 aromatic rings. The summed E-state index contributed by atoms with van der Waals surface area (Å²) in [5.41, 5.74) is 1.19. The number of nitro benzene ring substituents is 1. The van der Waals surface area contributed by atoms with E-state index in [4.69, 9.17) is 0 Å². The lowest BCUT2D eigenvalue weighted by molar-refractivity contribution is -0.384. The maximum atomic E-state index is 12.5. The van der Waals surface area contributed by atoms with Crippen LogP contribution < -0.4 is 10.1 Å². The van der Waals surface area contributed by atoms with Gasteiger partial charge in [-0.3, -0.25) is 14.9 Å². The standard InChI is InChI=1S/C19H15F3N4O4/c1-2-25-17(11-16(24-25)12-3-7-14(8-4-12)26(28)29)23-18(27)13-5-9-15(10-6-13)30-19(20,21)22/h3-11H,2H2,1H3,(H,23,27). The molecule has 0 fully saturated rings. The highest BCUT2D eigenvalue weighted by Gasteiger charge is 2.31. The largest absolute Gasteiger partial charge is 0.573 e. The van der Waals surface area contributed by atoms with Crippen molar-refractivity contribution in [3.63, 3.8) is 0 Å². The van der Waals surface area contributed by atoms with Gasteiger partial charge in [-0.05, 0) is 43.3 Å². The zero-order valence-corrected chi connectivity index (χ0v) is 15.5. The van der Waals surface area contributed by atoms with Gasteiger partial charge in [0.1, 0.15) is 11.6 Å². The van der Waals surface area contributed by atoms with Gasteiger partial charge in [-0.1, -0.05) is 0 Å². The van der Waals surface area contributed by atoms with Gasteiger partial charge in [0.05, 0.1) is 10.6 Å². The van der Waals surface area contributed by atoms with Crippen molar-refractivity contribution in [1.82, 2.24) is 9.78 Å². The minimum atomic E-state index is -4.81. The zero-order valence-electron chi connectivity index (χ0n) is 15.5. The van der Waals surface area contributed by atoms with E-state index in [2.05, 4.69) is 15.2 Å².